The number of carbonyl (C=O) groups is 1. The number of anilines is 1. The van der Waals surface area contributed by atoms with E-state index in [4.69, 9.17) is 4.74 Å². The van der Waals surface area contributed by atoms with Gasteiger partial charge in [0.05, 0.1) is 36.7 Å². The zero-order valence-corrected chi connectivity index (χ0v) is 16.9. The Morgan fingerprint density at radius 2 is 1.85 bits per heavy atom. The molecule has 1 fully saturated rings. The monoisotopic (exact) mass is 469 g/mol. The average Bonchev–Trinajstić information content (AvgIpc) is 3.30. The smallest absolute Gasteiger partial charge is 0.413 e. The molecule has 3 aromatic rings. The Balaban J connectivity index is 1.59. The number of nitrogens with zero attached hydrogens (tertiary/aromatic N) is 5. The highest BCUT2D eigenvalue weighted by Crippen LogP contribution is 2.30. The number of hydrogen-bond donors (Lipinski definition) is 0. The molecule has 8 nitrogen and oxygen atoms in total. The summed E-state index contributed by atoms with van der Waals surface area (Å²) < 4.78 is 75.7. The van der Waals surface area contributed by atoms with Crippen LogP contribution in [-0.4, -0.2) is 52.4 Å². The van der Waals surface area contributed by atoms with Gasteiger partial charge >= 0.3 is 18.1 Å². The van der Waals surface area contributed by atoms with Crippen LogP contribution in [0.2, 0.25) is 0 Å². The van der Waals surface area contributed by atoms with Crippen molar-refractivity contribution in [2.75, 3.05) is 31.2 Å². The Hall–Kier alpha value is -3.61. The molecule has 174 valence electrons. The normalized spacial score (nSPS) is 14.4. The molecule has 0 radical (unpaired) electrons. The van der Waals surface area contributed by atoms with Crippen molar-refractivity contribution in [3.05, 3.63) is 59.7 Å². The van der Waals surface area contributed by atoms with Gasteiger partial charge in [0.2, 0.25) is 5.89 Å². The SMILES string of the molecule is O=C(N1CCOCC1)N(Cc1ccc(-c2nnc(C(F)(F)F)o2)cn1)c1ccc(F)cc1F. The van der Waals surface area contributed by atoms with E-state index in [2.05, 4.69) is 19.6 Å². The molecular weight excluding hydrogens is 453 g/mol. The molecule has 0 N–H and O–H groups in total. The number of alkyl halides is 3. The van der Waals surface area contributed by atoms with E-state index in [-0.39, 0.29) is 23.7 Å². The van der Waals surface area contributed by atoms with Gasteiger partial charge in [0.1, 0.15) is 11.6 Å². The molecule has 1 aliphatic rings. The van der Waals surface area contributed by atoms with Crippen LogP contribution >= 0.6 is 0 Å². The van der Waals surface area contributed by atoms with Crippen molar-refractivity contribution in [3.63, 3.8) is 0 Å². The number of aromatic nitrogens is 3. The predicted octanol–water partition coefficient (Wildman–Crippen LogP) is 3.89. The standard InChI is InChI=1S/C20H16F5N5O3/c21-13-2-4-16(15(22)9-13)30(19(31)29-5-7-32-8-6-29)11-14-3-1-12(10-26-14)17-27-28-18(33-17)20(23,24)25/h1-4,9-10H,5-8,11H2. The van der Waals surface area contributed by atoms with Gasteiger partial charge in [-0.1, -0.05) is 0 Å². The number of rotatable bonds is 4. The summed E-state index contributed by atoms with van der Waals surface area (Å²) in [6.45, 7) is 1.05. The minimum absolute atomic E-state index is 0.126. The van der Waals surface area contributed by atoms with E-state index >= 15 is 0 Å². The number of amides is 2. The van der Waals surface area contributed by atoms with Crippen LogP contribution < -0.4 is 4.90 Å². The molecular formula is C20H16F5N5O3. The number of pyridine rings is 1. The zero-order chi connectivity index (χ0) is 23.6. The maximum absolute atomic E-state index is 14.5. The molecule has 0 unspecified atom stereocenters. The highest BCUT2D eigenvalue weighted by molar-refractivity contribution is 5.92. The summed E-state index contributed by atoms with van der Waals surface area (Å²) in [5.74, 6) is -3.60. The highest BCUT2D eigenvalue weighted by atomic mass is 19.4. The summed E-state index contributed by atoms with van der Waals surface area (Å²) >= 11 is 0. The third-order valence-electron chi connectivity index (χ3n) is 4.77. The molecule has 0 aliphatic carbocycles. The molecule has 2 amide bonds. The van der Waals surface area contributed by atoms with E-state index in [9.17, 15) is 26.7 Å². The molecule has 1 aromatic carbocycles. The summed E-state index contributed by atoms with van der Waals surface area (Å²) in [5.41, 5.74) is 0.269. The molecule has 13 heteroatoms. The molecule has 33 heavy (non-hydrogen) atoms. The Bertz CT molecular complexity index is 1130. The van der Waals surface area contributed by atoms with E-state index in [1.54, 1.807) is 0 Å². The largest absolute Gasteiger partial charge is 0.470 e. The summed E-state index contributed by atoms with van der Waals surface area (Å²) in [5, 5.41) is 6.31. The second-order valence-corrected chi connectivity index (χ2v) is 7.01. The predicted molar refractivity (Wildman–Crippen MR) is 103 cm³/mol. The first-order valence-corrected chi connectivity index (χ1v) is 9.67. The fourth-order valence-corrected chi connectivity index (χ4v) is 3.14. The topological polar surface area (TPSA) is 84.6 Å². The van der Waals surface area contributed by atoms with Gasteiger partial charge in [0, 0.05) is 25.4 Å². The third kappa shape index (κ3) is 5.08. The summed E-state index contributed by atoms with van der Waals surface area (Å²) in [4.78, 5) is 19.8. The lowest BCUT2D eigenvalue weighted by molar-refractivity contribution is -0.156. The molecule has 4 rings (SSSR count). The fourth-order valence-electron chi connectivity index (χ4n) is 3.14. The first-order valence-electron chi connectivity index (χ1n) is 9.67. The number of halogens is 5. The molecule has 0 atom stereocenters. The van der Waals surface area contributed by atoms with Crippen molar-refractivity contribution in [2.24, 2.45) is 0 Å². The highest BCUT2D eigenvalue weighted by Gasteiger charge is 2.38. The van der Waals surface area contributed by atoms with Crippen molar-refractivity contribution < 1.29 is 35.9 Å². The number of benzene rings is 1. The third-order valence-corrected chi connectivity index (χ3v) is 4.77. The zero-order valence-electron chi connectivity index (χ0n) is 16.9. The minimum Gasteiger partial charge on any atom is -0.413 e. The van der Waals surface area contributed by atoms with Crippen LogP contribution in [0.3, 0.4) is 0 Å². The van der Waals surface area contributed by atoms with Crippen LogP contribution in [-0.2, 0) is 17.5 Å². The van der Waals surface area contributed by atoms with Gasteiger partial charge in [-0.2, -0.15) is 13.2 Å². The van der Waals surface area contributed by atoms with Gasteiger partial charge in [-0.25, -0.2) is 13.6 Å². The maximum atomic E-state index is 14.5. The van der Waals surface area contributed by atoms with Crippen molar-refractivity contribution in [3.8, 4) is 11.5 Å². The molecule has 1 aliphatic heterocycles. The number of morpholine rings is 1. The van der Waals surface area contributed by atoms with Gasteiger partial charge in [0.25, 0.3) is 0 Å². The molecule has 2 aromatic heterocycles. The van der Waals surface area contributed by atoms with E-state index in [1.165, 1.54) is 23.2 Å². The van der Waals surface area contributed by atoms with Gasteiger partial charge in [0.15, 0.2) is 0 Å². The van der Waals surface area contributed by atoms with Crippen LogP contribution in [0.25, 0.3) is 11.5 Å². The van der Waals surface area contributed by atoms with E-state index in [0.29, 0.717) is 38.1 Å². The molecule has 0 bridgehead atoms. The lowest BCUT2D eigenvalue weighted by atomic mass is 10.2. The van der Waals surface area contributed by atoms with E-state index in [0.717, 1.165) is 17.0 Å². The molecule has 1 saturated heterocycles. The number of urea groups is 1. The van der Waals surface area contributed by atoms with Gasteiger partial charge in [-0.15, -0.1) is 10.2 Å². The van der Waals surface area contributed by atoms with Crippen LogP contribution in [0, 0.1) is 11.6 Å². The van der Waals surface area contributed by atoms with Crippen molar-refractivity contribution in [2.45, 2.75) is 12.7 Å². The summed E-state index contributed by atoms with van der Waals surface area (Å²) in [6.07, 6.45) is -3.58. The van der Waals surface area contributed by atoms with E-state index < -0.39 is 29.7 Å². The Morgan fingerprint density at radius 1 is 1.09 bits per heavy atom. The molecule has 0 saturated carbocycles. The minimum atomic E-state index is -4.78. The van der Waals surface area contributed by atoms with Crippen molar-refractivity contribution in [1.82, 2.24) is 20.1 Å². The van der Waals surface area contributed by atoms with E-state index in [1.807, 2.05) is 0 Å². The summed E-state index contributed by atoms with van der Waals surface area (Å²) in [7, 11) is 0. The van der Waals surface area contributed by atoms with Crippen LogP contribution in [0.5, 0.6) is 0 Å². The second kappa shape index (κ2) is 9.10. The lowest BCUT2D eigenvalue weighted by Crippen LogP contribution is -2.48. The quantitative estimate of drug-likeness (QED) is 0.540. The van der Waals surface area contributed by atoms with Gasteiger partial charge in [-0.05, 0) is 24.3 Å². The van der Waals surface area contributed by atoms with Crippen molar-refractivity contribution >= 4 is 11.7 Å². The Kier molecular flexibility index (Phi) is 6.22. The maximum Gasteiger partial charge on any atom is 0.470 e. The average molecular weight is 469 g/mol. The number of hydrogen-bond acceptors (Lipinski definition) is 6. The van der Waals surface area contributed by atoms with Gasteiger partial charge in [-0.3, -0.25) is 9.88 Å². The number of carbonyl (C=O) groups excluding carboxylic acids is 1. The Morgan fingerprint density at radius 3 is 2.45 bits per heavy atom. The van der Waals surface area contributed by atoms with Crippen LogP contribution in [0.15, 0.2) is 40.9 Å². The first kappa shape index (κ1) is 22.6. The fraction of sp³-hybridized carbons (Fsp3) is 0.300. The second-order valence-electron chi connectivity index (χ2n) is 7.01. The van der Waals surface area contributed by atoms with Crippen molar-refractivity contribution in [1.29, 1.82) is 0 Å². The van der Waals surface area contributed by atoms with Crippen LogP contribution in [0.1, 0.15) is 11.6 Å². The number of ether oxygens (including phenoxy) is 1. The van der Waals surface area contributed by atoms with Gasteiger partial charge < -0.3 is 14.1 Å². The first-order chi connectivity index (χ1) is 15.7. The van der Waals surface area contributed by atoms with Crippen LogP contribution in [0.4, 0.5) is 32.4 Å². The molecule has 0 spiro atoms. The molecule has 3 heterocycles. The Labute approximate surface area is 183 Å². The summed E-state index contributed by atoms with van der Waals surface area (Å²) in [6, 6.07) is 5.12. The lowest BCUT2D eigenvalue weighted by Gasteiger charge is -2.33.